The van der Waals surface area contributed by atoms with Crippen LogP contribution in [-0.4, -0.2) is 59.6 Å². The highest BCUT2D eigenvalue weighted by Gasteiger charge is 2.31. The van der Waals surface area contributed by atoms with Crippen LogP contribution in [0.4, 0.5) is 0 Å². The molecule has 2 fully saturated rings. The molecule has 92 valence electrons. The molecular formula is C12H22N2O2. The maximum atomic E-state index is 12.0. The first-order chi connectivity index (χ1) is 7.72. The number of piperidine rings is 1. The largest absolute Gasteiger partial charge is 0.395 e. The molecule has 4 heteroatoms. The standard InChI is InChI=1S/C12H22N2O2/c1-13(10-5-6-10)12(16)8-14-7-3-2-4-11(14)9-15/h10-11,15H,2-9H2,1H3/t11-/m1/s1. The molecule has 1 aliphatic carbocycles. The van der Waals surface area contributed by atoms with Gasteiger partial charge in [0.05, 0.1) is 13.2 Å². The zero-order valence-electron chi connectivity index (χ0n) is 10.1. The molecule has 1 amide bonds. The maximum absolute atomic E-state index is 12.0. The van der Waals surface area contributed by atoms with Gasteiger partial charge in [0.2, 0.25) is 5.91 Å². The smallest absolute Gasteiger partial charge is 0.236 e. The summed E-state index contributed by atoms with van der Waals surface area (Å²) in [6.07, 6.45) is 5.67. The monoisotopic (exact) mass is 226 g/mol. The number of nitrogens with zero attached hydrogens (tertiary/aromatic N) is 2. The predicted octanol–water partition coefficient (Wildman–Crippen LogP) is 0.454. The van der Waals surface area contributed by atoms with Gasteiger partial charge in [0.25, 0.3) is 0 Å². The molecule has 0 bridgehead atoms. The van der Waals surface area contributed by atoms with Crippen LogP contribution in [0.3, 0.4) is 0 Å². The van der Waals surface area contributed by atoms with Gasteiger partial charge in [-0.05, 0) is 32.2 Å². The molecule has 1 N–H and O–H groups in total. The summed E-state index contributed by atoms with van der Waals surface area (Å²) in [4.78, 5) is 16.0. The first-order valence-corrected chi connectivity index (χ1v) is 6.33. The second-order valence-corrected chi connectivity index (χ2v) is 5.04. The van der Waals surface area contributed by atoms with Crippen LogP contribution >= 0.6 is 0 Å². The van der Waals surface area contributed by atoms with Crippen LogP contribution in [0.25, 0.3) is 0 Å². The fourth-order valence-electron chi connectivity index (χ4n) is 2.43. The summed E-state index contributed by atoms with van der Waals surface area (Å²) in [5.41, 5.74) is 0. The molecule has 0 aromatic rings. The second-order valence-electron chi connectivity index (χ2n) is 5.04. The predicted molar refractivity (Wildman–Crippen MR) is 62.1 cm³/mol. The third kappa shape index (κ3) is 2.74. The van der Waals surface area contributed by atoms with Gasteiger partial charge in [0.15, 0.2) is 0 Å². The molecule has 1 aliphatic heterocycles. The number of likely N-dealkylation sites (N-methyl/N-ethyl adjacent to an activating group) is 1. The van der Waals surface area contributed by atoms with Gasteiger partial charge in [0.1, 0.15) is 0 Å². The Morgan fingerprint density at radius 3 is 2.75 bits per heavy atom. The van der Waals surface area contributed by atoms with Gasteiger partial charge in [-0.15, -0.1) is 0 Å². The van der Waals surface area contributed by atoms with Crippen LogP contribution in [0.1, 0.15) is 32.1 Å². The fraction of sp³-hybridized carbons (Fsp3) is 0.917. The molecule has 1 saturated heterocycles. The van der Waals surface area contributed by atoms with Crippen molar-refractivity contribution >= 4 is 5.91 Å². The minimum Gasteiger partial charge on any atom is -0.395 e. The Kier molecular flexibility index (Phi) is 3.82. The van der Waals surface area contributed by atoms with Crippen LogP contribution in [0.15, 0.2) is 0 Å². The number of hydrogen-bond acceptors (Lipinski definition) is 3. The maximum Gasteiger partial charge on any atom is 0.236 e. The van der Waals surface area contributed by atoms with Gasteiger partial charge >= 0.3 is 0 Å². The molecule has 2 rings (SSSR count). The quantitative estimate of drug-likeness (QED) is 0.757. The Morgan fingerprint density at radius 2 is 2.12 bits per heavy atom. The lowest BCUT2D eigenvalue weighted by Crippen LogP contribution is -2.47. The average molecular weight is 226 g/mol. The number of carbonyl (C=O) groups is 1. The van der Waals surface area contributed by atoms with E-state index >= 15 is 0 Å². The summed E-state index contributed by atoms with van der Waals surface area (Å²) >= 11 is 0. The molecule has 1 atom stereocenters. The van der Waals surface area contributed by atoms with Gasteiger partial charge in [-0.1, -0.05) is 6.42 Å². The van der Waals surface area contributed by atoms with Crippen molar-refractivity contribution in [2.24, 2.45) is 0 Å². The third-order valence-electron chi connectivity index (χ3n) is 3.79. The van der Waals surface area contributed by atoms with Gasteiger partial charge in [0, 0.05) is 19.1 Å². The number of carbonyl (C=O) groups excluding carboxylic acids is 1. The topological polar surface area (TPSA) is 43.8 Å². The average Bonchev–Trinajstić information content (AvgIpc) is 3.12. The molecule has 4 nitrogen and oxygen atoms in total. The highest BCUT2D eigenvalue weighted by Crippen LogP contribution is 2.26. The zero-order valence-corrected chi connectivity index (χ0v) is 10.1. The van der Waals surface area contributed by atoms with Crippen LogP contribution in [-0.2, 0) is 4.79 Å². The van der Waals surface area contributed by atoms with Gasteiger partial charge in [-0.2, -0.15) is 0 Å². The molecule has 0 aromatic carbocycles. The van der Waals surface area contributed by atoms with Crippen LogP contribution < -0.4 is 0 Å². The van der Waals surface area contributed by atoms with Crippen LogP contribution in [0, 0.1) is 0 Å². The lowest BCUT2D eigenvalue weighted by atomic mass is 10.0. The van der Waals surface area contributed by atoms with E-state index < -0.39 is 0 Å². The van der Waals surface area contributed by atoms with Crippen LogP contribution in [0.2, 0.25) is 0 Å². The van der Waals surface area contributed by atoms with Crippen molar-refractivity contribution in [3.63, 3.8) is 0 Å². The molecule has 0 spiro atoms. The number of likely N-dealkylation sites (tertiary alicyclic amines) is 1. The third-order valence-corrected chi connectivity index (χ3v) is 3.79. The van der Waals surface area contributed by atoms with E-state index in [1.807, 2.05) is 11.9 Å². The number of aliphatic hydroxyl groups excluding tert-OH is 1. The Morgan fingerprint density at radius 1 is 1.38 bits per heavy atom. The molecule has 0 radical (unpaired) electrons. The molecule has 1 saturated carbocycles. The second kappa shape index (κ2) is 5.15. The van der Waals surface area contributed by atoms with Crippen molar-refractivity contribution in [2.75, 3.05) is 26.7 Å². The van der Waals surface area contributed by atoms with E-state index in [0.29, 0.717) is 12.6 Å². The lowest BCUT2D eigenvalue weighted by Gasteiger charge is -2.34. The number of rotatable bonds is 4. The Hall–Kier alpha value is -0.610. The van der Waals surface area contributed by atoms with E-state index in [1.54, 1.807) is 0 Å². The van der Waals surface area contributed by atoms with E-state index in [2.05, 4.69) is 4.90 Å². The van der Waals surface area contributed by atoms with Gasteiger partial charge < -0.3 is 10.0 Å². The van der Waals surface area contributed by atoms with Crippen molar-refractivity contribution < 1.29 is 9.90 Å². The minimum atomic E-state index is 0.181. The molecule has 0 unspecified atom stereocenters. The minimum absolute atomic E-state index is 0.181. The molecule has 2 aliphatic rings. The Labute approximate surface area is 97.2 Å². The van der Waals surface area contributed by atoms with Crippen molar-refractivity contribution in [3.05, 3.63) is 0 Å². The Bertz CT molecular complexity index is 253. The first kappa shape index (κ1) is 11.9. The summed E-state index contributed by atoms with van der Waals surface area (Å²) in [6, 6.07) is 0.690. The normalized spacial score (nSPS) is 26.8. The first-order valence-electron chi connectivity index (χ1n) is 6.33. The molecule has 16 heavy (non-hydrogen) atoms. The summed E-state index contributed by atoms with van der Waals surface area (Å²) < 4.78 is 0. The Balaban J connectivity index is 1.84. The highest BCUT2D eigenvalue weighted by molar-refractivity contribution is 5.78. The van der Waals surface area contributed by atoms with E-state index in [1.165, 1.54) is 6.42 Å². The lowest BCUT2D eigenvalue weighted by molar-refractivity contribution is -0.132. The molecular weight excluding hydrogens is 204 g/mol. The highest BCUT2D eigenvalue weighted by atomic mass is 16.3. The molecule has 0 aromatic heterocycles. The van der Waals surface area contributed by atoms with E-state index in [9.17, 15) is 9.90 Å². The van der Waals surface area contributed by atoms with E-state index in [4.69, 9.17) is 0 Å². The zero-order chi connectivity index (χ0) is 11.5. The molecule has 1 heterocycles. The SMILES string of the molecule is CN(C(=O)CN1CCCC[C@@H]1CO)C1CC1. The number of aliphatic hydroxyl groups is 1. The van der Waals surface area contributed by atoms with Gasteiger partial charge in [-0.25, -0.2) is 0 Å². The fourth-order valence-corrected chi connectivity index (χ4v) is 2.43. The van der Waals surface area contributed by atoms with Gasteiger partial charge in [-0.3, -0.25) is 9.69 Å². The van der Waals surface area contributed by atoms with Crippen molar-refractivity contribution in [1.29, 1.82) is 0 Å². The summed E-state index contributed by atoms with van der Waals surface area (Å²) in [5, 5.41) is 9.27. The van der Waals surface area contributed by atoms with Crippen molar-refractivity contribution in [3.8, 4) is 0 Å². The summed E-state index contributed by atoms with van der Waals surface area (Å²) in [6.45, 7) is 1.62. The van der Waals surface area contributed by atoms with Crippen molar-refractivity contribution in [2.45, 2.75) is 44.2 Å². The van der Waals surface area contributed by atoms with Crippen LogP contribution in [0.5, 0.6) is 0 Å². The van der Waals surface area contributed by atoms with Crippen molar-refractivity contribution in [1.82, 2.24) is 9.80 Å². The van der Waals surface area contributed by atoms with E-state index in [0.717, 1.165) is 32.2 Å². The number of amides is 1. The number of hydrogen-bond donors (Lipinski definition) is 1. The summed E-state index contributed by atoms with van der Waals surface area (Å²) in [5.74, 6) is 0.211. The van der Waals surface area contributed by atoms with E-state index in [-0.39, 0.29) is 18.6 Å². The summed E-state index contributed by atoms with van der Waals surface area (Å²) in [7, 11) is 1.90.